The maximum absolute atomic E-state index is 4.70. The number of nitrogens with zero attached hydrogens (tertiary/aromatic N) is 2. The van der Waals surface area contributed by atoms with Gasteiger partial charge in [0, 0.05) is 24.2 Å². The lowest BCUT2D eigenvalue weighted by molar-refractivity contribution is 0.619. The van der Waals surface area contributed by atoms with Crippen LogP contribution < -0.4 is 5.32 Å². The first kappa shape index (κ1) is 11.4. The minimum atomic E-state index is 0.249. The molecule has 16 heavy (non-hydrogen) atoms. The fourth-order valence-electron chi connectivity index (χ4n) is 1.83. The summed E-state index contributed by atoms with van der Waals surface area (Å²) in [6.45, 7) is 6.69. The summed E-state index contributed by atoms with van der Waals surface area (Å²) in [7, 11) is 1.92. The van der Waals surface area contributed by atoms with Gasteiger partial charge in [0.15, 0.2) is 0 Å². The predicted octanol–water partition coefficient (Wildman–Crippen LogP) is 2.77. The molecule has 88 valence electrons. The molecule has 1 heterocycles. The van der Waals surface area contributed by atoms with Crippen molar-refractivity contribution in [3.8, 4) is 0 Å². The maximum Gasteiger partial charge on any atom is 0.136 e. The third kappa shape index (κ3) is 2.34. The van der Waals surface area contributed by atoms with Crippen LogP contribution in [0.2, 0.25) is 0 Å². The molecule has 3 heteroatoms. The molecule has 0 amide bonds. The molecule has 0 atom stereocenters. The Hall–Kier alpha value is -1.12. The van der Waals surface area contributed by atoms with Crippen LogP contribution in [0.25, 0.3) is 0 Å². The fraction of sp³-hybridized carbons (Fsp3) is 0.692. The zero-order valence-electron chi connectivity index (χ0n) is 10.7. The number of anilines is 1. The average molecular weight is 219 g/mol. The third-order valence-electron chi connectivity index (χ3n) is 3.19. The molecule has 1 aliphatic rings. The molecule has 1 aliphatic carbocycles. The number of hydrogen-bond acceptors (Lipinski definition) is 3. The molecular weight excluding hydrogens is 198 g/mol. The van der Waals surface area contributed by atoms with Crippen LogP contribution in [0.3, 0.4) is 0 Å². The van der Waals surface area contributed by atoms with Gasteiger partial charge in [-0.1, -0.05) is 20.8 Å². The molecule has 0 radical (unpaired) electrons. The van der Waals surface area contributed by atoms with Crippen molar-refractivity contribution in [2.24, 2.45) is 5.92 Å². The summed E-state index contributed by atoms with van der Waals surface area (Å²) in [5, 5.41) is 3.13. The van der Waals surface area contributed by atoms with Gasteiger partial charge in [0.2, 0.25) is 0 Å². The van der Waals surface area contributed by atoms with Gasteiger partial charge in [-0.3, -0.25) is 0 Å². The van der Waals surface area contributed by atoms with Crippen LogP contribution >= 0.6 is 0 Å². The van der Waals surface area contributed by atoms with Gasteiger partial charge >= 0.3 is 0 Å². The molecule has 1 N–H and O–H groups in total. The Kier molecular flexibility index (Phi) is 2.87. The van der Waals surface area contributed by atoms with Gasteiger partial charge < -0.3 is 5.32 Å². The van der Waals surface area contributed by atoms with Gasteiger partial charge in [0.25, 0.3) is 0 Å². The normalized spacial score (nSPS) is 17.6. The molecule has 0 saturated heterocycles. The quantitative estimate of drug-likeness (QED) is 0.846. The lowest BCUT2D eigenvalue weighted by atomic mass is 10.1. The largest absolute Gasteiger partial charge is 0.373 e. The van der Waals surface area contributed by atoms with Gasteiger partial charge in [0.05, 0.1) is 0 Å². The van der Waals surface area contributed by atoms with Gasteiger partial charge in [-0.05, 0) is 25.2 Å². The van der Waals surface area contributed by atoms with Gasteiger partial charge in [0.1, 0.15) is 11.6 Å². The second-order valence-electron chi connectivity index (χ2n) is 5.48. The molecule has 0 aromatic carbocycles. The highest BCUT2D eigenvalue weighted by Crippen LogP contribution is 2.46. The zero-order chi connectivity index (χ0) is 11.8. The third-order valence-corrected chi connectivity index (χ3v) is 3.19. The Labute approximate surface area is 97.7 Å². The Bertz CT molecular complexity index is 381. The van der Waals surface area contributed by atoms with Crippen LogP contribution in [0.4, 0.5) is 5.82 Å². The van der Waals surface area contributed by atoms with Crippen molar-refractivity contribution < 1.29 is 0 Å². The molecule has 1 aromatic heterocycles. The Morgan fingerprint density at radius 2 is 2.06 bits per heavy atom. The van der Waals surface area contributed by atoms with Crippen molar-refractivity contribution >= 4 is 5.82 Å². The number of hydrogen-bond donors (Lipinski definition) is 1. The molecule has 1 saturated carbocycles. The van der Waals surface area contributed by atoms with E-state index < -0.39 is 0 Å². The molecule has 1 aromatic rings. The summed E-state index contributed by atoms with van der Waals surface area (Å²) in [5.41, 5.74) is 1.41. The highest BCUT2D eigenvalue weighted by Gasteiger charge is 2.42. The van der Waals surface area contributed by atoms with Crippen LogP contribution in [0.15, 0.2) is 6.07 Å². The topological polar surface area (TPSA) is 37.8 Å². The van der Waals surface area contributed by atoms with E-state index >= 15 is 0 Å². The highest BCUT2D eigenvalue weighted by atomic mass is 15.0. The van der Waals surface area contributed by atoms with Crippen molar-refractivity contribution in [1.82, 2.24) is 9.97 Å². The van der Waals surface area contributed by atoms with Crippen molar-refractivity contribution in [2.75, 3.05) is 12.4 Å². The van der Waals surface area contributed by atoms with E-state index in [1.165, 1.54) is 12.8 Å². The van der Waals surface area contributed by atoms with E-state index in [1.54, 1.807) is 0 Å². The minimum absolute atomic E-state index is 0.249. The number of nitrogens with one attached hydrogen (secondary N) is 1. The minimum Gasteiger partial charge on any atom is -0.373 e. The summed E-state index contributed by atoms with van der Waals surface area (Å²) in [6.07, 6.45) is 3.48. The monoisotopic (exact) mass is 219 g/mol. The molecule has 3 nitrogen and oxygen atoms in total. The highest BCUT2D eigenvalue weighted by molar-refractivity contribution is 5.37. The Morgan fingerprint density at radius 3 is 2.56 bits per heavy atom. The second-order valence-corrected chi connectivity index (χ2v) is 5.48. The average Bonchev–Trinajstić information content (AvgIpc) is 2.96. The summed E-state index contributed by atoms with van der Waals surface area (Å²) in [6, 6.07) is 2.06. The maximum atomic E-state index is 4.70. The van der Waals surface area contributed by atoms with Crippen LogP contribution in [0.1, 0.15) is 45.1 Å². The molecule has 0 bridgehead atoms. The molecule has 1 fully saturated rings. The standard InChI is InChI=1S/C13H21N3/c1-9(2)7-10-8-11(14-4)16-12(15-10)13(3)5-6-13/h8-9H,5-7H2,1-4H3,(H,14,15,16). The zero-order valence-corrected chi connectivity index (χ0v) is 10.7. The summed E-state index contributed by atoms with van der Waals surface area (Å²) >= 11 is 0. The van der Waals surface area contributed by atoms with Crippen LogP contribution in [-0.2, 0) is 11.8 Å². The second kappa shape index (κ2) is 4.04. The van der Waals surface area contributed by atoms with Crippen LogP contribution in [0.5, 0.6) is 0 Å². The van der Waals surface area contributed by atoms with Gasteiger partial charge in [-0.2, -0.15) is 0 Å². The van der Waals surface area contributed by atoms with E-state index in [2.05, 4.69) is 37.1 Å². The molecule has 0 aliphatic heterocycles. The first-order valence-electron chi connectivity index (χ1n) is 6.10. The first-order chi connectivity index (χ1) is 7.53. The van der Waals surface area contributed by atoms with E-state index in [9.17, 15) is 0 Å². The van der Waals surface area contributed by atoms with E-state index in [0.717, 1.165) is 23.8 Å². The molecule has 0 spiro atoms. The SMILES string of the molecule is CNc1cc(CC(C)C)nc(C2(C)CC2)n1. The van der Waals surface area contributed by atoms with Crippen molar-refractivity contribution in [1.29, 1.82) is 0 Å². The Morgan fingerprint density at radius 1 is 1.38 bits per heavy atom. The van der Waals surface area contributed by atoms with Crippen LogP contribution in [-0.4, -0.2) is 17.0 Å². The van der Waals surface area contributed by atoms with Crippen molar-refractivity contribution in [3.05, 3.63) is 17.6 Å². The van der Waals surface area contributed by atoms with Crippen molar-refractivity contribution in [2.45, 2.75) is 45.4 Å². The number of aromatic nitrogens is 2. The lowest BCUT2D eigenvalue weighted by Gasteiger charge is -2.12. The summed E-state index contributed by atoms with van der Waals surface area (Å²) < 4.78 is 0. The van der Waals surface area contributed by atoms with E-state index in [-0.39, 0.29) is 5.41 Å². The van der Waals surface area contributed by atoms with E-state index in [1.807, 2.05) is 7.05 Å². The van der Waals surface area contributed by atoms with E-state index in [0.29, 0.717) is 5.92 Å². The lowest BCUT2D eigenvalue weighted by Crippen LogP contribution is -2.12. The fourth-order valence-corrected chi connectivity index (χ4v) is 1.83. The smallest absolute Gasteiger partial charge is 0.136 e. The molecular formula is C13H21N3. The molecule has 0 unspecified atom stereocenters. The summed E-state index contributed by atoms with van der Waals surface area (Å²) in [4.78, 5) is 9.27. The van der Waals surface area contributed by atoms with E-state index in [4.69, 9.17) is 4.98 Å². The first-order valence-corrected chi connectivity index (χ1v) is 6.10. The van der Waals surface area contributed by atoms with Crippen LogP contribution in [0, 0.1) is 5.92 Å². The van der Waals surface area contributed by atoms with Gasteiger partial charge in [-0.15, -0.1) is 0 Å². The van der Waals surface area contributed by atoms with Gasteiger partial charge in [-0.25, -0.2) is 9.97 Å². The number of rotatable bonds is 4. The predicted molar refractivity (Wildman–Crippen MR) is 66.7 cm³/mol. The Balaban J connectivity index is 2.31. The molecule has 2 rings (SSSR count). The summed E-state index contributed by atoms with van der Waals surface area (Å²) in [5.74, 6) is 2.61. The van der Waals surface area contributed by atoms with Crippen molar-refractivity contribution in [3.63, 3.8) is 0 Å².